The highest BCUT2D eigenvalue weighted by atomic mass is 35.5. The minimum Gasteiger partial charge on any atom is -0.465 e. The van der Waals surface area contributed by atoms with E-state index in [9.17, 15) is 26.7 Å². The van der Waals surface area contributed by atoms with Crippen LogP contribution in [0.4, 0.5) is 22.0 Å². The van der Waals surface area contributed by atoms with Gasteiger partial charge >= 0.3 is 18.1 Å². The molecule has 0 aromatic heterocycles. The SMILES string of the molecule is COC(=O)c1ccc([C@H](N)C(F)(F)C(F)(F)F)cc1.Cl. The van der Waals surface area contributed by atoms with Crippen molar-refractivity contribution in [3.8, 4) is 0 Å². The lowest BCUT2D eigenvalue weighted by molar-refractivity contribution is -0.291. The summed E-state index contributed by atoms with van der Waals surface area (Å²) in [7, 11) is 1.11. The normalized spacial score (nSPS) is 13.3. The van der Waals surface area contributed by atoms with Gasteiger partial charge in [0.2, 0.25) is 0 Å². The van der Waals surface area contributed by atoms with Gasteiger partial charge in [-0.2, -0.15) is 22.0 Å². The van der Waals surface area contributed by atoms with E-state index in [-0.39, 0.29) is 18.0 Å². The third-order valence-electron chi connectivity index (χ3n) is 2.46. The summed E-state index contributed by atoms with van der Waals surface area (Å²) in [6, 6.07) is 1.44. The number of carbonyl (C=O) groups excluding carboxylic acids is 1. The Kier molecular flexibility index (Phi) is 5.91. The van der Waals surface area contributed by atoms with Crippen molar-refractivity contribution >= 4 is 18.4 Å². The largest absolute Gasteiger partial charge is 0.465 e. The zero-order valence-corrected chi connectivity index (χ0v) is 10.9. The van der Waals surface area contributed by atoms with Gasteiger partial charge in [0.25, 0.3) is 0 Å². The molecule has 1 aromatic carbocycles. The van der Waals surface area contributed by atoms with Gasteiger partial charge in [0, 0.05) is 0 Å². The van der Waals surface area contributed by atoms with E-state index < -0.39 is 29.7 Å². The summed E-state index contributed by atoms with van der Waals surface area (Å²) in [6.07, 6.45) is -5.74. The van der Waals surface area contributed by atoms with Gasteiger partial charge in [-0.05, 0) is 17.7 Å². The zero-order valence-electron chi connectivity index (χ0n) is 10.1. The molecule has 1 aromatic rings. The number of esters is 1. The molecule has 0 saturated carbocycles. The quantitative estimate of drug-likeness (QED) is 0.688. The fourth-order valence-corrected chi connectivity index (χ4v) is 1.33. The van der Waals surface area contributed by atoms with Crippen molar-refractivity contribution in [2.75, 3.05) is 7.11 Å². The van der Waals surface area contributed by atoms with E-state index in [1.165, 1.54) is 0 Å². The maximum absolute atomic E-state index is 13.0. The molecule has 0 fully saturated rings. The Labute approximate surface area is 117 Å². The predicted molar refractivity (Wildman–Crippen MR) is 63.0 cm³/mol. The maximum atomic E-state index is 13.0. The molecular weight excluding hydrogens is 309 g/mol. The van der Waals surface area contributed by atoms with Gasteiger partial charge in [-0.25, -0.2) is 4.79 Å². The molecule has 0 heterocycles. The minimum atomic E-state index is -5.74. The second-order valence-corrected chi connectivity index (χ2v) is 3.71. The van der Waals surface area contributed by atoms with Gasteiger partial charge in [-0.1, -0.05) is 12.1 Å². The third kappa shape index (κ3) is 3.57. The van der Waals surface area contributed by atoms with Gasteiger partial charge in [-0.15, -0.1) is 12.4 Å². The van der Waals surface area contributed by atoms with Gasteiger partial charge in [-0.3, -0.25) is 0 Å². The second kappa shape index (κ2) is 6.36. The average molecular weight is 320 g/mol. The summed E-state index contributed by atoms with van der Waals surface area (Å²) < 4.78 is 66.7. The van der Waals surface area contributed by atoms with Crippen LogP contribution < -0.4 is 5.73 Å². The number of benzene rings is 1. The van der Waals surface area contributed by atoms with Crippen molar-refractivity contribution in [3.05, 3.63) is 35.4 Å². The van der Waals surface area contributed by atoms with E-state index in [1.807, 2.05) is 0 Å². The van der Waals surface area contributed by atoms with E-state index >= 15 is 0 Å². The van der Waals surface area contributed by atoms with Crippen LogP contribution in [0.25, 0.3) is 0 Å². The first kappa shape index (κ1) is 18.6. The first-order valence-corrected chi connectivity index (χ1v) is 4.99. The molecule has 0 aliphatic rings. The molecule has 20 heavy (non-hydrogen) atoms. The van der Waals surface area contributed by atoms with Crippen LogP contribution in [0, 0.1) is 0 Å². The predicted octanol–water partition coefficient (Wildman–Crippen LogP) is 3.09. The van der Waals surface area contributed by atoms with Crippen LogP contribution in [0.2, 0.25) is 0 Å². The topological polar surface area (TPSA) is 52.3 Å². The molecule has 0 unspecified atom stereocenters. The van der Waals surface area contributed by atoms with Crippen LogP contribution in [0.1, 0.15) is 22.0 Å². The summed E-state index contributed by atoms with van der Waals surface area (Å²) in [4.78, 5) is 11.1. The molecule has 0 saturated heterocycles. The molecular formula is C11H11ClF5NO2. The standard InChI is InChI=1S/C11H10F5NO2.ClH/c1-19-9(18)7-4-2-6(3-5-7)8(17)10(12,13)11(14,15)16;/h2-5,8H,17H2,1H3;1H/t8-;/m0./s1. The van der Waals surface area contributed by atoms with E-state index in [0.717, 1.165) is 31.4 Å². The van der Waals surface area contributed by atoms with Crippen LogP contribution >= 0.6 is 12.4 Å². The molecule has 0 bridgehead atoms. The molecule has 1 rings (SSSR count). The first-order chi connectivity index (χ1) is 8.61. The summed E-state index contributed by atoms with van der Waals surface area (Å²) in [5, 5.41) is 0. The van der Waals surface area contributed by atoms with Crippen molar-refractivity contribution in [2.45, 2.75) is 18.1 Å². The molecule has 0 aliphatic heterocycles. The highest BCUT2D eigenvalue weighted by Gasteiger charge is 2.61. The highest BCUT2D eigenvalue weighted by molar-refractivity contribution is 5.89. The van der Waals surface area contributed by atoms with Crippen LogP contribution in [0.3, 0.4) is 0 Å². The van der Waals surface area contributed by atoms with Crippen molar-refractivity contribution in [3.63, 3.8) is 0 Å². The molecule has 0 spiro atoms. The summed E-state index contributed by atoms with van der Waals surface area (Å²) in [5.74, 6) is -5.79. The van der Waals surface area contributed by atoms with Crippen molar-refractivity contribution in [2.24, 2.45) is 5.73 Å². The number of methoxy groups -OCH3 is 1. The number of alkyl halides is 5. The fourth-order valence-electron chi connectivity index (χ4n) is 1.33. The molecule has 2 N–H and O–H groups in total. The number of hydrogen-bond donors (Lipinski definition) is 1. The van der Waals surface area contributed by atoms with Gasteiger partial charge in [0.15, 0.2) is 0 Å². The number of carbonyl (C=O) groups is 1. The molecule has 114 valence electrons. The lowest BCUT2D eigenvalue weighted by Crippen LogP contribution is -2.45. The molecule has 1 atom stereocenters. The van der Waals surface area contributed by atoms with Gasteiger partial charge < -0.3 is 10.5 Å². The Morgan fingerprint density at radius 3 is 1.95 bits per heavy atom. The number of hydrogen-bond acceptors (Lipinski definition) is 3. The Morgan fingerprint density at radius 1 is 1.15 bits per heavy atom. The Hall–Kier alpha value is -1.41. The summed E-state index contributed by atoms with van der Waals surface area (Å²) in [6.45, 7) is 0. The number of halogens is 6. The molecule has 9 heteroatoms. The molecule has 0 aliphatic carbocycles. The van der Waals surface area contributed by atoms with Crippen LogP contribution in [-0.4, -0.2) is 25.2 Å². The number of nitrogens with two attached hydrogens (primary N) is 1. The Balaban J connectivity index is 0.00000361. The van der Waals surface area contributed by atoms with Crippen LogP contribution in [-0.2, 0) is 4.74 Å². The summed E-state index contributed by atoms with van der Waals surface area (Å²) >= 11 is 0. The first-order valence-electron chi connectivity index (χ1n) is 4.99. The molecule has 0 radical (unpaired) electrons. The third-order valence-corrected chi connectivity index (χ3v) is 2.46. The highest BCUT2D eigenvalue weighted by Crippen LogP contribution is 2.43. The van der Waals surface area contributed by atoms with Crippen LogP contribution in [0.5, 0.6) is 0 Å². The van der Waals surface area contributed by atoms with E-state index in [4.69, 9.17) is 5.73 Å². The van der Waals surface area contributed by atoms with E-state index in [1.54, 1.807) is 0 Å². The van der Waals surface area contributed by atoms with E-state index in [0.29, 0.717) is 0 Å². The second-order valence-electron chi connectivity index (χ2n) is 3.71. The van der Waals surface area contributed by atoms with Crippen molar-refractivity contribution in [1.29, 1.82) is 0 Å². The van der Waals surface area contributed by atoms with Crippen molar-refractivity contribution in [1.82, 2.24) is 0 Å². The lowest BCUT2D eigenvalue weighted by atomic mass is 10.00. The molecule has 0 amide bonds. The maximum Gasteiger partial charge on any atom is 0.455 e. The molecule has 3 nitrogen and oxygen atoms in total. The number of ether oxygens (including phenoxy) is 1. The number of rotatable bonds is 3. The van der Waals surface area contributed by atoms with Gasteiger partial charge in [0.1, 0.15) is 6.04 Å². The van der Waals surface area contributed by atoms with Crippen molar-refractivity contribution < 1.29 is 31.5 Å². The fraction of sp³-hybridized carbons (Fsp3) is 0.364. The smallest absolute Gasteiger partial charge is 0.455 e. The van der Waals surface area contributed by atoms with Crippen LogP contribution in [0.15, 0.2) is 24.3 Å². The Bertz CT molecular complexity index is 461. The zero-order chi connectivity index (χ0) is 14.8. The van der Waals surface area contributed by atoms with Gasteiger partial charge in [0.05, 0.1) is 12.7 Å². The average Bonchev–Trinajstić information content (AvgIpc) is 2.35. The Morgan fingerprint density at radius 2 is 1.60 bits per heavy atom. The van der Waals surface area contributed by atoms with E-state index in [2.05, 4.69) is 4.74 Å². The lowest BCUT2D eigenvalue weighted by Gasteiger charge is -2.25. The minimum absolute atomic E-state index is 0. The monoisotopic (exact) mass is 319 g/mol. The summed E-state index contributed by atoms with van der Waals surface area (Å²) in [5.41, 5.74) is 4.52.